The van der Waals surface area contributed by atoms with Crippen molar-refractivity contribution in [2.75, 3.05) is 31.8 Å². The number of aromatic hydroxyl groups is 1. The predicted molar refractivity (Wildman–Crippen MR) is 144 cm³/mol. The van der Waals surface area contributed by atoms with Gasteiger partial charge in [-0.25, -0.2) is 0 Å². The Hall–Kier alpha value is -2.94. The topological polar surface area (TPSA) is 69.0 Å². The smallest absolute Gasteiger partial charge is 0.278 e. The van der Waals surface area contributed by atoms with Crippen LogP contribution < -0.4 is 10.4 Å². The molecule has 3 aliphatic rings. The van der Waals surface area contributed by atoms with E-state index in [2.05, 4.69) is 59.4 Å². The number of halogens is 1. The third kappa shape index (κ3) is 4.07. The molecule has 2 unspecified atom stereocenters. The third-order valence-electron chi connectivity index (χ3n) is 7.38. The quantitative estimate of drug-likeness (QED) is 0.550. The number of nitrogens with zero attached hydrogens (tertiary/aromatic N) is 4. The van der Waals surface area contributed by atoms with E-state index in [0.29, 0.717) is 6.67 Å². The van der Waals surface area contributed by atoms with Gasteiger partial charge in [-0.1, -0.05) is 42.5 Å². The first-order valence-electron chi connectivity index (χ1n) is 12.0. The van der Waals surface area contributed by atoms with Crippen LogP contribution in [0, 0.1) is 0 Å². The van der Waals surface area contributed by atoms with Crippen molar-refractivity contribution < 1.29 is 9.90 Å². The van der Waals surface area contributed by atoms with Crippen LogP contribution in [0.2, 0.25) is 0 Å². The molecular formula is C27H29ClN4O3S. The number of likely N-dealkylation sites (tertiary alicyclic amines) is 1. The average molecular weight is 525 g/mol. The van der Waals surface area contributed by atoms with Crippen LogP contribution in [0.25, 0.3) is 0 Å². The van der Waals surface area contributed by atoms with E-state index in [0.717, 1.165) is 37.2 Å². The Labute approximate surface area is 220 Å². The lowest BCUT2D eigenvalue weighted by molar-refractivity contribution is 0.0477. The highest BCUT2D eigenvalue weighted by Gasteiger charge is 2.41. The van der Waals surface area contributed by atoms with E-state index in [1.807, 2.05) is 22.7 Å². The zero-order valence-electron chi connectivity index (χ0n) is 20.0. The first-order chi connectivity index (χ1) is 17.0. The second kappa shape index (κ2) is 9.84. The summed E-state index contributed by atoms with van der Waals surface area (Å²) in [5.41, 5.74) is 3.07. The van der Waals surface area contributed by atoms with Gasteiger partial charge in [-0.15, -0.1) is 24.2 Å². The summed E-state index contributed by atoms with van der Waals surface area (Å²) in [7, 11) is 2.07. The highest BCUT2D eigenvalue weighted by atomic mass is 35.5. The van der Waals surface area contributed by atoms with Gasteiger partial charge >= 0.3 is 0 Å². The number of carbonyl (C=O) groups is 1. The number of rotatable bonds is 2. The van der Waals surface area contributed by atoms with Crippen LogP contribution in [-0.2, 0) is 5.75 Å². The number of aromatic nitrogens is 1. The van der Waals surface area contributed by atoms with Crippen LogP contribution in [0.5, 0.6) is 5.75 Å². The van der Waals surface area contributed by atoms with Crippen LogP contribution in [0.1, 0.15) is 46.1 Å². The molecular weight excluding hydrogens is 496 g/mol. The summed E-state index contributed by atoms with van der Waals surface area (Å²) in [5, 5.41) is 13.0. The molecule has 9 heteroatoms. The second-order valence-electron chi connectivity index (χ2n) is 9.56. The van der Waals surface area contributed by atoms with Gasteiger partial charge in [0.25, 0.3) is 5.91 Å². The average Bonchev–Trinajstić information content (AvgIpc) is 3.03. The van der Waals surface area contributed by atoms with Crippen molar-refractivity contribution in [3.63, 3.8) is 0 Å². The summed E-state index contributed by atoms with van der Waals surface area (Å²) in [6, 6.07) is 18.0. The minimum Gasteiger partial charge on any atom is -0.502 e. The van der Waals surface area contributed by atoms with Crippen LogP contribution in [-0.4, -0.2) is 58.3 Å². The summed E-state index contributed by atoms with van der Waals surface area (Å²) < 4.78 is 1.70. The van der Waals surface area contributed by atoms with Crippen molar-refractivity contribution in [2.24, 2.45) is 0 Å². The predicted octanol–water partition coefficient (Wildman–Crippen LogP) is 3.82. The monoisotopic (exact) mass is 524 g/mol. The molecule has 4 heterocycles. The normalized spacial score (nSPS) is 21.6. The molecule has 2 atom stereocenters. The fourth-order valence-corrected chi connectivity index (χ4v) is 6.75. The summed E-state index contributed by atoms with van der Waals surface area (Å²) in [6.07, 6.45) is 3.53. The molecule has 36 heavy (non-hydrogen) atoms. The zero-order valence-corrected chi connectivity index (χ0v) is 21.7. The van der Waals surface area contributed by atoms with E-state index in [1.165, 1.54) is 22.1 Å². The van der Waals surface area contributed by atoms with E-state index < -0.39 is 11.2 Å². The molecule has 0 saturated carbocycles. The number of amides is 1. The number of pyridine rings is 1. The third-order valence-corrected chi connectivity index (χ3v) is 8.51. The van der Waals surface area contributed by atoms with Crippen molar-refractivity contribution in [2.45, 2.75) is 35.6 Å². The highest BCUT2D eigenvalue weighted by molar-refractivity contribution is 7.98. The maximum Gasteiger partial charge on any atom is 0.278 e. The molecule has 1 amide bonds. The molecule has 0 radical (unpaired) electrons. The maximum absolute atomic E-state index is 13.7. The fourth-order valence-electron chi connectivity index (χ4n) is 5.65. The van der Waals surface area contributed by atoms with E-state index >= 15 is 0 Å². The molecule has 1 aromatic heterocycles. The summed E-state index contributed by atoms with van der Waals surface area (Å²) in [6.45, 7) is 2.14. The van der Waals surface area contributed by atoms with Crippen molar-refractivity contribution in [3.05, 3.63) is 93.4 Å². The molecule has 3 aliphatic heterocycles. The number of hydrogen-bond donors (Lipinski definition) is 1. The molecule has 2 aromatic carbocycles. The Balaban J connectivity index is 0.00000267. The Morgan fingerprint density at radius 2 is 1.75 bits per heavy atom. The Morgan fingerprint density at radius 1 is 1.00 bits per heavy atom. The van der Waals surface area contributed by atoms with Gasteiger partial charge in [0.1, 0.15) is 6.67 Å². The standard InChI is InChI=1S/C27H28N4O3S.ClH/c1-28-13-6-8-19(15-28)29-17-31(30-14-12-22(32)26(33)25(30)27(29)34)24-20-9-3-2-7-18(20)16-35-23-11-5-4-10-21(23)24;/h2-5,7,9-12,14,19,24,33H,6,8,13,15-17H2,1H3;1H. The lowest BCUT2D eigenvalue weighted by atomic mass is 9.94. The zero-order chi connectivity index (χ0) is 24.1. The van der Waals surface area contributed by atoms with Crippen LogP contribution >= 0.6 is 24.2 Å². The molecule has 0 aliphatic carbocycles. The summed E-state index contributed by atoms with van der Waals surface area (Å²) in [4.78, 5) is 31.5. The molecule has 6 rings (SSSR count). The molecule has 1 fully saturated rings. The Bertz CT molecular complexity index is 1320. The van der Waals surface area contributed by atoms with Gasteiger partial charge in [-0.05, 0) is 49.2 Å². The largest absolute Gasteiger partial charge is 0.502 e. The molecule has 188 valence electrons. The second-order valence-corrected chi connectivity index (χ2v) is 10.6. The van der Waals surface area contributed by atoms with Crippen molar-refractivity contribution in [1.82, 2.24) is 14.5 Å². The van der Waals surface area contributed by atoms with Gasteiger partial charge < -0.3 is 14.9 Å². The number of hydrogen-bond acceptors (Lipinski definition) is 6. The van der Waals surface area contributed by atoms with Crippen LogP contribution in [0.4, 0.5) is 0 Å². The number of benzene rings is 2. The Kier molecular flexibility index (Phi) is 6.76. The number of fused-ring (bicyclic) bond motifs is 3. The van der Waals surface area contributed by atoms with E-state index in [1.54, 1.807) is 10.9 Å². The van der Waals surface area contributed by atoms with Gasteiger partial charge in [0, 0.05) is 35.5 Å². The van der Waals surface area contributed by atoms with Gasteiger partial charge in [-0.2, -0.15) is 0 Å². The minimum absolute atomic E-state index is 0. The molecule has 7 nitrogen and oxygen atoms in total. The molecule has 1 saturated heterocycles. The van der Waals surface area contributed by atoms with Gasteiger partial charge in [0.05, 0.1) is 6.04 Å². The lowest BCUT2D eigenvalue weighted by Gasteiger charge is -2.48. The number of piperidine rings is 1. The van der Waals surface area contributed by atoms with E-state index in [9.17, 15) is 14.7 Å². The first kappa shape index (κ1) is 24.7. The van der Waals surface area contributed by atoms with Crippen molar-refractivity contribution in [3.8, 4) is 5.75 Å². The first-order valence-corrected chi connectivity index (χ1v) is 13.0. The van der Waals surface area contributed by atoms with Crippen LogP contribution in [0.15, 0.2) is 70.5 Å². The van der Waals surface area contributed by atoms with Crippen molar-refractivity contribution >= 4 is 30.1 Å². The fraction of sp³-hybridized carbons (Fsp3) is 0.333. The number of carbonyl (C=O) groups excluding carboxylic acids is 1. The van der Waals surface area contributed by atoms with Gasteiger partial charge in [0.2, 0.25) is 5.43 Å². The SMILES string of the molecule is CN1CCCC(N2CN(C3c4ccccc4CSc4ccccc43)n3ccc(=O)c(O)c3C2=O)C1.Cl. The van der Waals surface area contributed by atoms with Gasteiger partial charge in [0.15, 0.2) is 11.4 Å². The highest BCUT2D eigenvalue weighted by Crippen LogP contribution is 2.43. The van der Waals surface area contributed by atoms with Gasteiger partial charge in [-0.3, -0.25) is 19.3 Å². The molecule has 3 aromatic rings. The summed E-state index contributed by atoms with van der Waals surface area (Å²) in [5.74, 6) is 0.0813. The van der Waals surface area contributed by atoms with Crippen LogP contribution in [0.3, 0.4) is 0 Å². The maximum atomic E-state index is 13.7. The van der Waals surface area contributed by atoms with E-state index in [-0.39, 0.29) is 36.1 Å². The molecule has 0 spiro atoms. The minimum atomic E-state index is -0.538. The van der Waals surface area contributed by atoms with E-state index in [4.69, 9.17) is 0 Å². The number of likely N-dealkylation sites (N-methyl/N-ethyl adjacent to an activating group) is 1. The summed E-state index contributed by atoms with van der Waals surface area (Å²) >= 11 is 1.81. The number of thioether (sulfide) groups is 1. The van der Waals surface area contributed by atoms with Crippen molar-refractivity contribution in [1.29, 1.82) is 0 Å². The Morgan fingerprint density at radius 3 is 2.56 bits per heavy atom. The molecule has 1 N–H and O–H groups in total. The lowest BCUT2D eigenvalue weighted by Crippen LogP contribution is -2.60. The molecule has 0 bridgehead atoms.